The van der Waals surface area contributed by atoms with E-state index in [0.717, 1.165) is 5.56 Å². The van der Waals surface area contributed by atoms with Gasteiger partial charge in [0.15, 0.2) is 28.2 Å². The summed E-state index contributed by atoms with van der Waals surface area (Å²) in [6, 6.07) is 9.55. The molecule has 12 nitrogen and oxygen atoms in total. The Bertz CT molecular complexity index is 1640. The van der Waals surface area contributed by atoms with Crippen LogP contribution in [-0.2, 0) is 18.3 Å². The summed E-state index contributed by atoms with van der Waals surface area (Å²) >= 11 is 3.48. The van der Waals surface area contributed by atoms with Crippen LogP contribution in [0.2, 0.25) is 16.6 Å². The van der Waals surface area contributed by atoms with Crippen LogP contribution in [0.15, 0.2) is 46.1 Å². The number of halogens is 1. The number of H-pyrrole nitrogens is 1. The SMILES string of the molecule is CC(C)[Si](O[C@@H]1[C@H](O[P+](=O)[O-])[C@@H](CO)O[C@H]1n1c(Br)nc2c(=O)n3cc(-c4ccccc4)[nH]c3nc21)(C(C)C)C(C)C. The molecule has 15 heteroatoms. The lowest BCUT2D eigenvalue weighted by Gasteiger charge is -2.45. The van der Waals surface area contributed by atoms with Crippen LogP contribution in [0.3, 0.4) is 0 Å². The first-order chi connectivity index (χ1) is 19.9. The van der Waals surface area contributed by atoms with Crippen molar-refractivity contribution in [2.75, 3.05) is 6.61 Å². The molecule has 2 N–H and O–H groups in total. The molecular weight excluding hydrogens is 645 g/mol. The molecule has 1 saturated heterocycles. The number of imidazole rings is 2. The fourth-order valence-corrected chi connectivity index (χ4v) is 13.1. The highest BCUT2D eigenvalue weighted by atomic mass is 79.9. The normalized spacial score (nSPS) is 22.0. The van der Waals surface area contributed by atoms with Crippen LogP contribution < -0.4 is 10.5 Å². The lowest BCUT2D eigenvalue weighted by atomic mass is 10.1. The number of nitrogens with zero attached hydrogens (tertiary/aromatic N) is 4. The van der Waals surface area contributed by atoms with E-state index in [1.807, 2.05) is 30.3 Å². The van der Waals surface area contributed by atoms with Crippen molar-refractivity contribution in [1.29, 1.82) is 0 Å². The number of ether oxygens (including phenoxy) is 1. The Morgan fingerprint density at radius 3 is 2.33 bits per heavy atom. The first-order valence-electron chi connectivity index (χ1n) is 13.9. The Labute approximate surface area is 253 Å². The minimum atomic E-state index is -3.29. The minimum Gasteiger partial charge on any atom is -0.566 e. The quantitative estimate of drug-likeness (QED) is 0.138. The van der Waals surface area contributed by atoms with Crippen molar-refractivity contribution in [3.8, 4) is 11.3 Å². The predicted octanol–water partition coefficient (Wildman–Crippen LogP) is 4.66. The van der Waals surface area contributed by atoms with Gasteiger partial charge >= 0.3 is 8.25 Å². The number of aliphatic hydroxyl groups excluding tert-OH is 1. The second-order valence-corrected chi connectivity index (χ2v) is 18.3. The van der Waals surface area contributed by atoms with E-state index in [4.69, 9.17) is 18.7 Å². The van der Waals surface area contributed by atoms with Crippen LogP contribution in [0.25, 0.3) is 28.2 Å². The second kappa shape index (κ2) is 12.0. The molecule has 226 valence electrons. The third-order valence-corrected chi connectivity index (χ3v) is 15.3. The Hall–Kier alpha value is -2.29. The van der Waals surface area contributed by atoms with Crippen molar-refractivity contribution >= 4 is 49.4 Å². The van der Waals surface area contributed by atoms with E-state index in [-0.39, 0.29) is 32.5 Å². The summed E-state index contributed by atoms with van der Waals surface area (Å²) in [4.78, 5) is 37.9. The van der Waals surface area contributed by atoms with Gasteiger partial charge in [0.25, 0.3) is 5.56 Å². The summed E-state index contributed by atoms with van der Waals surface area (Å²) in [7, 11) is -5.93. The maximum absolute atomic E-state index is 13.6. The number of hydrogen-bond donors (Lipinski definition) is 2. The predicted molar refractivity (Wildman–Crippen MR) is 162 cm³/mol. The Morgan fingerprint density at radius 1 is 1.12 bits per heavy atom. The molecule has 0 spiro atoms. The van der Waals surface area contributed by atoms with Crippen LogP contribution in [-0.4, -0.2) is 62.3 Å². The number of fused-ring (bicyclic) bond motifs is 2. The van der Waals surface area contributed by atoms with Crippen LogP contribution in [0.5, 0.6) is 0 Å². The summed E-state index contributed by atoms with van der Waals surface area (Å²) in [5.74, 6) is 0.292. The van der Waals surface area contributed by atoms with E-state index in [1.54, 1.807) is 10.8 Å². The fourth-order valence-electron chi connectivity index (χ4n) is 6.55. The topological polar surface area (TPSA) is 156 Å². The summed E-state index contributed by atoms with van der Waals surface area (Å²) in [6.07, 6.45) is -2.44. The molecule has 0 amide bonds. The van der Waals surface area contributed by atoms with E-state index in [2.05, 4.69) is 67.4 Å². The largest absolute Gasteiger partial charge is 0.566 e. The molecule has 4 heterocycles. The van der Waals surface area contributed by atoms with Gasteiger partial charge in [-0.3, -0.25) is 9.36 Å². The lowest BCUT2D eigenvalue weighted by molar-refractivity contribution is -0.193. The molecule has 0 aliphatic carbocycles. The summed E-state index contributed by atoms with van der Waals surface area (Å²) < 4.78 is 33.8. The zero-order valence-electron chi connectivity index (χ0n) is 24.2. The Morgan fingerprint density at radius 2 is 1.76 bits per heavy atom. The van der Waals surface area contributed by atoms with E-state index in [0.29, 0.717) is 11.5 Å². The van der Waals surface area contributed by atoms with Gasteiger partial charge in [-0.2, -0.15) is 4.98 Å². The van der Waals surface area contributed by atoms with Crippen LogP contribution >= 0.6 is 24.2 Å². The molecule has 0 radical (unpaired) electrons. The van der Waals surface area contributed by atoms with Crippen LogP contribution in [0, 0.1) is 0 Å². The highest BCUT2D eigenvalue weighted by Gasteiger charge is 2.56. The lowest BCUT2D eigenvalue weighted by Crippen LogP contribution is -2.53. The van der Waals surface area contributed by atoms with Gasteiger partial charge in [0, 0.05) is 6.20 Å². The Kier molecular flexibility index (Phi) is 8.90. The number of nitrogens with one attached hydrogen (secondary N) is 1. The first-order valence-corrected chi connectivity index (χ1v) is 17.9. The van der Waals surface area contributed by atoms with Crippen molar-refractivity contribution in [1.82, 2.24) is 23.9 Å². The highest BCUT2D eigenvalue weighted by Crippen LogP contribution is 2.48. The van der Waals surface area contributed by atoms with E-state index >= 15 is 0 Å². The highest BCUT2D eigenvalue weighted by molar-refractivity contribution is 9.10. The molecule has 1 aliphatic rings. The van der Waals surface area contributed by atoms with Crippen molar-refractivity contribution in [3.05, 3.63) is 51.6 Å². The van der Waals surface area contributed by atoms with Crippen molar-refractivity contribution < 1.29 is 28.3 Å². The Balaban J connectivity index is 1.69. The number of rotatable bonds is 10. The molecule has 42 heavy (non-hydrogen) atoms. The van der Waals surface area contributed by atoms with Gasteiger partial charge in [-0.05, 0) is 42.7 Å². The van der Waals surface area contributed by atoms with Gasteiger partial charge in [-0.1, -0.05) is 71.9 Å². The summed E-state index contributed by atoms with van der Waals surface area (Å²) in [6.45, 7) is 12.2. The van der Waals surface area contributed by atoms with Gasteiger partial charge in [-0.25, -0.2) is 9.38 Å². The summed E-state index contributed by atoms with van der Waals surface area (Å²) in [5.41, 5.74) is 1.96. The molecule has 1 aromatic carbocycles. The molecule has 4 aromatic rings. The molecule has 3 aromatic heterocycles. The minimum absolute atomic E-state index is 0.0836. The molecule has 0 bridgehead atoms. The maximum Gasteiger partial charge on any atom is 0.488 e. The molecule has 1 fully saturated rings. The van der Waals surface area contributed by atoms with E-state index < -0.39 is 53.3 Å². The third-order valence-electron chi connectivity index (χ3n) is 8.27. The smallest absolute Gasteiger partial charge is 0.488 e. The molecule has 5 atom stereocenters. The van der Waals surface area contributed by atoms with Gasteiger partial charge in [0.05, 0.1) is 12.3 Å². The number of aromatic amines is 1. The fraction of sp³-hybridized carbons (Fsp3) is 0.519. The van der Waals surface area contributed by atoms with Crippen molar-refractivity contribution in [2.24, 2.45) is 0 Å². The second-order valence-electron chi connectivity index (χ2n) is 11.5. The van der Waals surface area contributed by atoms with Gasteiger partial charge in [0.1, 0.15) is 12.2 Å². The maximum atomic E-state index is 13.6. The zero-order valence-corrected chi connectivity index (χ0v) is 27.7. The molecule has 0 saturated carbocycles. The molecule has 1 aliphatic heterocycles. The van der Waals surface area contributed by atoms with Gasteiger partial charge in [-0.15, -0.1) is 4.52 Å². The van der Waals surface area contributed by atoms with Crippen molar-refractivity contribution in [2.45, 2.75) is 82.7 Å². The number of aromatic nitrogens is 5. The molecular formula is C27H35BrN5O7PSi. The van der Waals surface area contributed by atoms with Crippen molar-refractivity contribution in [3.63, 3.8) is 0 Å². The number of aliphatic hydroxyl groups is 1. The van der Waals surface area contributed by atoms with Crippen LogP contribution in [0.1, 0.15) is 47.8 Å². The first kappa shape index (κ1) is 31.1. The zero-order chi connectivity index (χ0) is 30.5. The monoisotopic (exact) mass is 679 g/mol. The number of hydrogen-bond acceptors (Lipinski definition) is 9. The molecule has 1 unspecified atom stereocenters. The molecule has 5 rings (SSSR count). The van der Waals surface area contributed by atoms with Gasteiger partial charge < -0.3 is 24.1 Å². The number of benzene rings is 1. The third kappa shape index (κ3) is 5.21. The average Bonchev–Trinajstić information content (AvgIpc) is 3.60. The summed E-state index contributed by atoms with van der Waals surface area (Å²) in [5, 5.41) is 10.2. The van der Waals surface area contributed by atoms with Gasteiger partial charge in [0.2, 0.25) is 14.1 Å². The van der Waals surface area contributed by atoms with E-state index in [1.165, 1.54) is 4.40 Å². The van der Waals surface area contributed by atoms with Crippen LogP contribution in [0.4, 0.5) is 0 Å². The van der Waals surface area contributed by atoms with E-state index in [9.17, 15) is 19.4 Å². The average molecular weight is 681 g/mol. The standard InChI is InChI=1S/C27H35BrN5O7PSi/c1-14(2)42(15(3)4,16(5)6)40-22-21(39-41(36)37)19(13-34)38-25(22)33-23-20(30-26(33)28)24(35)32-12-18(29-27(32)31-23)17-10-8-7-9-11-17/h7-12,14-16,19,21-22,25,34H,13H2,1-6H3,(H,29,31)/t19-,21-,22-,25-/m1/s1.